The predicted octanol–water partition coefficient (Wildman–Crippen LogP) is 5.02. The van der Waals surface area contributed by atoms with Crippen LogP contribution < -0.4 is 4.74 Å². The number of aliphatic carboxylic acids is 1. The predicted molar refractivity (Wildman–Crippen MR) is 89.6 cm³/mol. The Bertz CT molecular complexity index is 724. The Morgan fingerprint density at radius 2 is 1.91 bits per heavy atom. The van der Waals surface area contributed by atoms with Crippen molar-refractivity contribution >= 4 is 40.8 Å². The molecule has 0 bridgehead atoms. The van der Waals surface area contributed by atoms with Gasteiger partial charge in [-0.05, 0) is 36.8 Å². The van der Waals surface area contributed by atoms with E-state index in [1.54, 1.807) is 30.3 Å². The van der Waals surface area contributed by atoms with Crippen LogP contribution in [0.2, 0.25) is 10.0 Å². The fraction of sp³-hybridized carbons (Fsp3) is 0.118. The molecular weight excluding hydrogens is 323 g/mol. The fourth-order valence-corrected chi connectivity index (χ4v) is 2.27. The molecule has 0 fully saturated rings. The van der Waals surface area contributed by atoms with E-state index in [0.717, 1.165) is 0 Å². The zero-order chi connectivity index (χ0) is 16.1. The van der Waals surface area contributed by atoms with Crippen LogP contribution in [-0.2, 0) is 4.79 Å². The second-order valence-electron chi connectivity index (χ2n) is 4.46. The van der Waals surface area contributed by atoms with Gasteiger partial charge < -0.3 is 9.84 Å². The highest BCUT2D eigenvalue weighted by atomic mass is 35.5. The summed E-state index contributed by atoms with van der Waals surface area (Å²) in [5, 5.41) is 10.2. The molecule has 0 spiro atoms. The van der Waals surface area contributed by atoms with Crippen LogP contribution in [0.1, 0.15) is 18.1 Å². The lowest BCUT2D eigenvalue weighted by molar-refractivity contribution is -0.130. The highest BCUT2D eigenvalue weighted by Crippen LogP contribution is 2.29. The van der Waals surface area contributed by atoms with Gasteiger partial charge in [0, 0.05) is 5.56 Å². The van der Waals surface area contributed by atoms with Crippen LogP contribution in [0.5, 0.6) is 5.75 Å². The van der Waals surface area contributed by atoms with Gasteiger partial charge in [-0.1, -0.05) is 47.5 Å². The number of ether oxygens (including phenoxy) is 1. The smallest absolute Gasteiger partial charge is 0.336 e. The van der Waals surface area contributed by atoms with Crippen molar-refractivity contribution in [3.63, 3.8) is 0 Å². The number of hydrogen-bond donors (Lipinski definition) is 1. The number of carbonyl (C=O) groups is 1. The lowest BCUT2D eigenvalue weighted by Gasteiger charge is -2.09. The van der Waals surface area contributed by atoms with Crippen LogP contribution in [0, 0.1) is 0 Å². The maximum Gasteiger partial charge on any atom is 0.336 e. The summed E-state index contributed by atoms with van der Waals surface area (Å²) in [5.41, 5.74) is 1.28. The minimum atomic E-state index is -1.05. The van der Waals surface area contributed by atoms with Crippen molar-refractivity contribution in [3.8, 4) is 5.75 Å². The normalized spacial score (nSPS) is 11.3. The van der Waals surface area contributed by atoms with Gasteiger partial charge in [0.2, 0.25) is 0 Å². The largest absolute Gasteiger partial charge is 0.493 e. The number of halogens is 2. The van der Waals surface area contributed by atoms with Gasteiger partial charge in [-0.15, -0.1) is 0 Å². The van der Waals surface area contributed by atoms with Crippen molar-refractivity contribution in [2.45, 2.75) is 6.92 Å². The Kier molecular flexibility index (Phi) is 5.47. The monoisotopic (exact) mass is 336 g/mol. The molecule has 1 N–H and O–H groups in total. The number of rotatable bonds is 5. The van der Waals surface area contributed by atoms with Crippen molar-refractivity contribution in [2.75, 3.05) is 6.61 Å². The summed E-state index contributed by atoms with van der Waals surface area (Å²) in [5.74, 6) is -0.423. The molecule has 0 heterocycles. The van der Waals surface area contributed by atoms with Gasteiger partial charge in [0.1, 0.15) is 5.75 Å². The highest BCUT2D eigenvalue weighted by Gasteiger charge is 2.13. The fourth-order valence-electron chi connectivity index (χ4n) is 1.97. The van der Waals surface area contributed by atoms with E-state index in [4.69, 9.17) is 27.9 Å². The minimum Gasteiger partial charge on any atom is -0.493 e. The Morgan fingerprint density at radius 3 is 2.55 bits per heavy atom. The van der Waals surface area contributed by atoms with E-state index in [1.807, 2.05) is 19.1 Å². The van der Waals surface area contributed by atoms with Gasteiger partial charge in [0.25, 0.3) is 0 Å². The molecule has 0 aliphatic rings. The molecule has 22 heavy (non-hydrogen) atoms. The van der Waals surface area contributed by atoms with E-state index in [0.29, 0.717) is 33.5 Å². The van der Waals surface area contributed by atoms with Gasteiger partial charge in [0.15, 0.2) is 0 Å². The van der Waals surface area contributed by atoms with Gasteiger partial charge >= 0.3 is 5.97 Å². The first-order valence-corrected chi connectivity index (χ1v) is 7.40. The van der Waals surface area contributed by atoms with E-state index >= 15 is 0 Å². The zero-order valence-corrected chi connectivity index (χ0v) is 13.4. The van der Waals surface area contributed by atoms with Crippen molar-refractivity contribution in [1.29, 1.82) is 0 Å². The molecular formula is C17H14Cl2O3. The molecule has 0 atom stereocenters. The van der Waals surface area contributed by atoms with E-state index < -0.39 is 5.97 Å². The van der Waals surface area contributed by atoms with Crippen molar-refractivity contribution in [2.24, 2.45) is 0 Å². The SMILES string of the molecule is CCOc1ccccc1/C=C(\C(=O)O)c1ccc(Cl)c(Cl)c1. The Balaban J connectivity index is 2.52. The molecule has 2 aromatic carbocycles. The molecule has 114 valence electrons. The van der Waals surface area contributed by atoms with Gasteiger partial charge in [-0.2, -0.15) is 0 Å². The summed E-state index contributed by atoms with van der Waals surface area (Å²) >= 11 is 11.8. The zero-order valence-electron chi connectivity index (χ0n) is 11.8. The standard InChI is InChI=1S/C17H14Cl2O3/c1-2-22-16-6-4-3-5-12(16)9-13(17(20)21)11-7-8-14(18)15(19)10-11/h3-10H,2H2,1H3,(H,20,21)/b13-9-. The second kappa shape index (κ2) is 7.34. The third-order valence-corrected chi connectivity index (χ3v) is 3.72. The number of para-hydroxylation sites is 1. The molecule has 0 aliphatic heterocycles. The Hall–Kier alpha value is -1.97. The molecule has 0 saturated carbocycles. The second-order valence-corrected chi connectivity index (χ2v) is 5.28. The Morgan fingerprint density at radius 1 is 1.18 bits per heavy atom. The summed E-state index contributed by atoms with van der Waals surface area (Å²) in [6.45, 7) is 2.37. The van der Waals surface area contributed by atoms with Crippen molar-refractivity contribution < 1.29 is 14.6 Å². The molecule has 2 rings (SSSR count). The number of carboxylic acids is 1. The third-order valence-electron chi connectivity index (χ3n) is 2.98. The first-order valence-electron chi connectivity index (χ1n) is 6.65. The maximum atomic E-state index is 11.6. The van der Waals surface area contributed by atoms with Gasteiger partial charge in [-0.3, -0.25) is 0 Å². The van der Waals surface area contributed by atoms with E-state index in [2.05, 4.69) is 0 Å². The van der Waals surface area contributed by atoms with Crippen molar-refractivity contribution in [3.05, 3.63) is 63.6 Å². The van der Waals surface area contributed by atoms with Crippen LogP contribution in [0.4, 0.5) is 0 Å². The molecule has 3 nitrogen and oxygen atoms in total. The summed E-state index contributed by atoms with van der Waals surface area (Å²) in [6.07, 6.45) is 1.56. The van der Waals surface area contributed by atoms with Gasteiger partial charge in [-0.25, -0.2) is 4.79 Å². The highest BCUT2D eigenvalue weighted by molar-refractivity contribution is 6.42. The van der Waals surface area contributed by atoms with Crippen LogP contribution in [0.3, 0.4) is 0 Å². The molecule has 0 unspecified atom stereocenters. The topological polar surface area (TPSA) is 46.5 Å². The summed E-state index contributed by atoms with van der Waals surface area (Å²) in [6, 6.07) is 12.0. The number of carboxylic acid groups (broad SMARTS) is 1. The van der Waals surface area contributed by atoms with Crippen LogP contribution in [0.15, 0.2) is 42.5 Å². The molecule has 0 amide bonds. The average Bonchev–Trinajstić information content (AvgIpc) is 2.49. The summed E-state index contributed by atoms with van der Waals surface area (Å²) in [4.78, 5) is 11.6. The first-order chi connectivity index (χ1) is 10.5. The molecule has 0 aromatic heterocycles. The number of hydrogen-bond acceptors (Lipinski definition) is 2. The lowest BCUT2D eigenvalue weighted by atomic mass is 10.0. The summed E-state index contributed by atoms with van der Waals surface area (Å²) in [7, 11) is 0. The Labute approximate surface area is 138 Å². The van der Waals surface area contributed by atoms with E-state index in [9.17, 15) is 9.90 Å². The molecule has 0 radical (unpaired) electrons. The molecule has 0 aliphatic carbocycles. The van der Waals surface area contributed by atoms with Crippen molar-refractivity contribution in [1.82, 2.24) is 0 Å². The quantitative estimate of drug-likeness (QED) is 0.616. The minimum absolute atomic E-state index is 0.116. The lowest BCUT2D eigenvalue weighted by Crippen LogP contribution is -2.01. The molecule has 5 heteroatoms. The summed E-state index contributed by atoms with van der Waals surface area (Å²) < 4.78 is 5.51. The van der Waals surface area contributed by atoms with Crippen LogP contribution in [-0.4, -0.2) is 17.7 Å². The molecule has 0 saturated heterocycles. The maximum absolute atomic E-state index is 11.6. The van der Waals surface area contributed by atoms with E-state index in [-0.39, 0.29) is 5.57 Å². The van der Waals surface area contributed by atoms with Crippen LogP contribution >= 0.6 is 23.2 Å². The number of benzene rings is 2. The average molecular weight is 337 g/mol. The molecule has 2 aromatic rings. The first kappa shape index (κ1) is 16.4. The van der Waals surface area contributed by atoms with Crippen LogP contribution in [0.25, 0.3) is 11.6 Å². The van der Waals surface area contributed by atoms with E-state index in [1.165, 1.54) is 6.07 Å². The van der Waals surface area contributed by atoms with Gasteiger partial charge in [0.05, 0.1) is 22.2 Å². The third kappa shape index (κ3) is 3.81.